The first-order valence-electron chi connectivity index (χ1n) is 8.99. The Kier molecular flexibility index (Phi) is 5.87. The topological polar surface area (TPSA) is 46.9 Å². The fourth-order valence-electron chi connectivity index (χ4n) is 2.98. The summed E-state index contributed by atoms with van der Waals surface area (Å²) in [5, 5.41) is 7.28. The highest BCUT2D eigenvalue weighted by molar-refractivity contribution is 5.91. The molecule has 0 saturated carbocycles. The van der Waals surface area contributed by atoms with Crippen molar-refractivity contribution in [3.63, 3.8) is 0 Å². The van der Waals surface area contributed by atoms with Crippen LogP contribution >= 0.6 is 0 Å². The third kappa shape index (κ3) is 4.93. The molecule has 4 nitrogen and oxygen atoms in total. The number of carbonyl (C=O) groups is 1. The van der Waals surface area contributed by atoms with Crippen molar-refractivity contribution in [2.75, 3.05) is 0 Å². The number of nitrogens with one attached hydrogen (secondary N) is 1. The van der Waals surface area contributed by atoms with Gasteiger partial charge in [0.2, 0.25) is 5.91 Å². The number of carbonyl (C=O) groups excluding carboxylic acids is 1. The van der Waals surface area contributed by atoms with Gasteiger partial charge in [0.15, 0.2) is 0 Å². The van der Waals surface area contributed by atoms with E-state index >= 15 is 0 Å². The standard InChI is InChI=1S/C22H20F3N3O/c1-15-20(16(2)28(27-15)19-9-4-3-5-10-19)14-26-21(29)12-11-17-7-6-8-18(13-17)22(23,24)25/h3-13H,14H2,1-2H3,(H,26,29)/b12-11+. The summed E-state index contributed by atoms with van der Waals surface area (Å²) in [7, 11) is 0. The average Bonchev–Trinajstić information content (AvgIpc) is 2.98. The summed E-state index contributed by atoms with van der Waals surface area (Å²) in [4.78, 5) is 12.1. The Hall–Kier alpha value is -3.35. The minimum Gasteiger partial charge on any atom is -0.348 e. The highest BCUT2D eigenvalue weighted by Gasteiger charge is 2.30. The molecule has 0 spiro atoms. The van der Waals surface area contributed by atoms with E-state index in [9.17, 15) is 18.0 Å². The van der Waals surface area contributed by atoms with Gasteiger partial charge in [0, 0.05) is 23.9 Å². The van der Waals surface area contributed by atoms with E-state index < -0.39 is 17.6 Å². The van der Waals surface area contributed by atoms with E-state index in [0.717, 1.165) is 34.8 Å². The van der Waals surface area contributed by atoms with Gasteiger partial charge in [0.05, 0.1) is 16.9 Å². The predicted molar refractivity (Wildman–Crippen MR) is 105 cm³/mol. The summed E-state index contributed by atoms with van der Waals surface area (Å²) in [6.07, 6.45) is -1.83. The minimum absolute atomic E-state index is 0.274. The Labute approximate surface area is 166 Å². The molecule has 0 aliphatic heterocycles. The van der Waals surface area contributed by atoms with E-state index in [4.69, 9.17) is 0 Å². The lowest BCUT2D eigenvalue weighted by atomic mass is 10.1. The molecule has 3 rings (SSSR count). The van der Waals surface area contributed by atoms with Crippen LogP contribution in [0.1, 0.15) is 28.1 Å². The molecule has 0 aliphatic rings. The number of alkyl halides is 3. The maximum atomic E-state index is 12.8. The second-order valence-electron chi connectivity index (χ2n) is 6.57. The lowest BCUT2D eigenvalue weighted by molar-refractivity contribution is -0.137. The Morgan fingerprint density at radius 1 is 1.10 bits per heavy atom. The Balaban J connectivity index is 1.67. The summed E-state index contributed by atoms with van der Waals surface area (Å²) in [5.74, 6) is -0.395. The van der Waals surface area contributed by atoms with Crippen LogP contribution in [0.4, 0.5) is 13.2 Å². The van der Waals surface area contributed by atoms with Crippen LogP contribution in [-0.4, -0.2) is 15.7 Å². The smallest absolute Gasteiger partial charge is 0.348 e. The van der Waals surface area contributed by atoms with Crippen molar-refractivity contribution in [1.29, 1.82) is 0 Å². The van der Waals surface area contributed by atoms with E-state index in [2.05, 4.69) is 10.4 Å². The Morgan fingerprint density at radius 2 is 1.83 bits per heavy atom. The number of benzene rings is 2. The van der Waals surface area contributed by atoms with Gasteiger partial charge in [0.25, 0.3) is 0 Å². The Bertz CT molecular complexity index is 1040. The second-order valence-corrected chi connectivity index (χ2v) is 6.57. The number of para-hydroxylation sites is 1. The highest BCUT2D eigenvalue weighted by atomic mass is 19.4. The number of hydrogen-bond acceptors (Lipinski definition) is 2. The van der Waals surface area contributed by atoms with Gasteiger partial charge in [-0.05, 0) is 49.8 Å². The van der Waals surface area contributed by atoms with Crippen LogP contribution in [0, 0.1) is 13.8 Å². The van der Waals surface area contributed by atoms with Gasteiger partial charge >= 0.3 is 6.18 Å². The van der Waals surface area contributed by atoms with Gasteiger partial charge in [0.1, 0.15) is 0 Å². The number of halogens is 3. The zero-order chi connectivity index (χ0) is 21.0. The first kappa shape index (κ1) is 20.4. The normalized spacial score (nSPS) is 11.8. The lowest BCUT2D eigenvalue weighted by Crippen LogP contribution is -2.21. The molecular weight excluding hydrogens is 379 g/mol. The van der Waals surface area contributed by atoms with Crippen molar-refractivity contribution in [2.24, 2.45) is 0 Å². The molecular formula is C22H20F3N3O. The van der Waals surface area contributed by atoms with Crippen molar-refractivity contribution in [1.82, 2.24) is 15.1 Å². The molecule has 1 amide bonds. The monoisotopic (exact) mass is 399 g/mol. The Morgan fingerprint density at radius 3 is 2.52 bits per heavy atom. The summed E-state index contributed by atoms with van der Waals surface area (Å²) in [6, 6.07) is 14.5. The van der Waals surface area contributed by atoms with E-state index in [-0.39, 0.29) is 6.54 Å². The number of hydrogen-bond donors (Lipinski definition) is 1. The number of nitrogens with zero attached hydrogens (tertiary/aromatic N) is 2. The fraction of sp³-hybridized carbons (Fsp3) is 0.182. The van der Waals surface area contributed by atoms with Crippen LogP contribution in [-0.2, 0) is 17.5 Å². The van der Waals surface area contributed by atoms with Crippen molar-refractivity contribution in [3.05, 3.63) is 88.8 Å². The van der Waals surface area contributed by atoms with Crippen molar-refractivity contribution >= 4 is 12.0 Å². The molecule has 29 heavy (non-hydrogen) atoms. The molecule has 0 fully saturated rings. The molecule has 0 aliphatic carbocycles. The lowest BCUT2D eigenvalue weighted by Gasteiger charge is -2.07. The van der Waals surface area contributed by atoms with Crippen molar-refractivity contribution < 1.29 is 18.0 Å². The van der Waals surface area contributed by atoms with Gasteiger partial charge < -0.3 is 5.32 Å². The number of aromatic nitrogens is 2. The SMILES string of the molecule is Cc1nn(-c2ccccc2)c(C)c1CNC(=O)/C=C/c1cccc(C(F)(F)F)c1. The molecule has 0 saturated heterocycles. The fourth-order valence-corrected chi connectivity index (χ4v) is 2.98. The van der Waals surface area contributed by atoms with Gasteiger partial charge in [-0.25, -0.2) is 4.68 Å². The molecule has 1 aromatic heterocycles. The molecule has 2 aromatic carbocycles. The van der Waals surface area contributed by atoms with Crippen molar-refractivity contribution in [2.45, 2.75) is 26.6 Å². The van der Waals surface area contributed by atoms with Crippen LogP contribution in [0.5, 0.6) is 0 Å². The van der Waals surface area contributed by atoms with E-state index in [1.165, 1.54) is 24.3 Å². The first-order valence-corrected chi connectivity index (χ1v) is 8.99. The van der Waals surface area contributed by atoms with Crippen LogP contribution < -0.4 is 5.32 Å². The summed E-state index contributed by atoms with van der Waals surface area (Å²) >= 11 is 0. The molecule has 0 radical (unpaired) electrons. The van der Waals surface area contributed by atoms with Crippen LogP contribution in [0.3, 0.4) is 0 Å². The third-order valence-corrected chi connectivity index (χ3v) is 4.52. The summed E-state index contributed by atoms with van der Waals surface area (Å²) < 4.78 is 40.1. The minimum atomic E-state index is -4.42. The zero-order valence-electron chi connectivity index (χ0n) is 16.0. The molecule has 0 bridgehead atoms. The maximum absolute atomic E-state index is 12.8. The van der Waals surface area contributed by atoms with Gasteiger partial charge in [-0.2, -0.15) is 18.3 Å². The molecule has 150 valence electrons. The first-order chi connectivity index (χ1) is 13.8. The zero-order valence-corrected chi connectivity index (χ0v) is 16.0. The summed E-state index contributed by atoms with van der Waals surface area (Å²) in [6.45, 7) is 4.07. The largest absolute Gasteiger partial charge is 0.416 e. The molecule has 0 unspecified atom stereocenters. The second kappa shape index (κ2) is 8.34. The predicted octanol–water partition coefficient (Wildman–Crippen LogP) is 4.84. The number of rotatable bonds is 5. The van der Waals surface area contributed by atoms with Crippen LogP contribution in [0.25, 0.3) is 11.8 Å². The molecule has 0 atom stereocenters. The van der Waals surface area contributed by atoms with Crippen LogP contribution in [0.15, 0.2) is 60.7 Å². The number of amides is 1. The van der Waals surface area contributed by atoms with Gasteiger partial charge in [-0.1, -0.05) is 30.3 Å². The number of aryl methyl sites for hydroxylation is 1. The van der Waals surface area contributed by atoms with E-state index in [0.29, 0.717) is 5.56 Å². The quantitative estimate of drug-likeness (QED) is 0.624. The van der Waals surface area contributed by atoms with Gasteiger partial charge in [-0.3, -0.25) is 4.79 Å². The van der Waals surface area contributed by atoms with Crippen molar-refractivity contribution in [3.8, 4) is 5.69 Å². The van der Waals surface area contributed by atoms with Crippen LogP contribution in [0.2, 0.25) is 0 Å². The average molecular weight is 399 g/mol. The molecule has 1 N–H and O–H groups in total. The highest BCUT2D eigenvalue weighted by Crippen LogP contribution is 2.29. The van der Waals surface area contributed by atoms with Gasteiger partial charge in [-0.15, -0.1) is 0 Å². The molecule has 3 aromatic rings. The van der Waals surface area contributed by atoms with E-state index in [1.54, 1.807) is 0 Å². The molecule has 1 heterocycles. The van der Waals surface area contributed by atoms with E-state index in [1.807, 2.05) is 48.9 Å². The maximum Gasteiger partial charge on any atom is 0.416 e. The third-order valence-electron chi connectivity index (χ3n) is 4.52. The summed E-state index contributed by atoms with van der Waals surface area (Å²) in [5.41, 5.74) is 3.09. The molecule has 7 heteroatoms.